The average Bonchev–Trinajstić information content (AvgIpc) is 2.35. The van der Waals surface area contributed by atoms with Crippen LogP contribution in [-0.4, -0.2) is 0 Å². The third kappa shape index (κ3) is 1.39. The number of benzene rings is 1. The molecule has 0 fully saturated rings. The van der Waals surface area contributed by atoms with Crippen LogP contribution in [0.4, 0.5) is 11.4 Å². The zero-order valence-electron chi connectivity index (χ0n) is 8.20. The van der Waals surface area contributed by atoms with Gasteiger partial charge in [0.25, 0.3) is 0 Å². The number of rotatable bonds is 0. The maximum Gasteiger partial charge on any atom is 0.0395 e. The van der Waals surface area contributed by atoms with Crippen molar-refractivity contribution in [3.05, 3.63) is 35.4 Å². The van der Waals surface area contributed by atoms with E-state index < -0.39 is 0 Å². The third-order valence-electron chi connectivity index (χ3n) is 2.49. The van der Waals surface area contributed by atoms with E-state index in [1.54, 1.807) is 0 Å². The highest BCUT2D eigenvalue weighted by molar-refractivity contribution is 5.82. The molecule has 1 aliphatic carbocycles. The molecular weight excluding hydrogens is 172 g/mol. The van der Waals surface area contributed by atoms with E-state index >= 15 is 0 Å². The minimum atomic E-state index is 0.432. The van der Waals surface area contributed by atoms with E-state index in [2.05, 4.69) is 19.1 Å². The first-order chi connectivity index (χ1) is 6.68. The fraction of sp³-hybridized carbons (Fsp3) is 0.167. The summed E-state index contributed by atoms with van der Waals surface area (Å²) in [6.45, 7) is 2.13. The van der Waals surface area contributed by atoms with Gasteiger partial charge in [0.1, 0.15) is 0 Å². The Kier molecular flexibility index (Phi) is 2.04. The third-order valence-corrected chi connectivity index (χ3v) is 2.49. The summed E-state index contributed by atoms with van der Waals surface area (Å²) >= 11 is 0. The molecule has 1 aliphatic rings. The number of nitrogen functional groups attached to an aromatic ring is 2. The molecule has 0 unspecified atom stereocenters. The lowest BCUT2D eigenvalue weighted by Gasteiger charge is -2.07. The first-order valence-electron chi connectivity index (χ1n) is 4.73. The molecule has 14 heavy (non-hydrogen) atoms. The molecule has 0 heterocycles. The molecule has 0 spiro atoms. The zero-order chi connectivity index (χ0) is 10.1. The fourth-order valence-electron chi connectivity index (χ4n) is 1.60. The highest BCUT2D eigenvalue weighted by atomic mass is 14.6. The van der Waals surface area contributed by atoms with Crippen LogP contribution in [0.15, 0.2) is 24.3 Å². The normalized spacial score (nSPS) is 15.2. The molecule has 0 saturated carbocycles. The molecule has 1 aromatic carbocycles. The van der Waals surface area contributed by atoms with Crippen molar-refractivity contribution in [1.82, 2.24) is 0 Å². The minimum absolute atomic E-state index is 0.432. The van der Waals surface area contributed by atoms with E-state index in [0.717, 1.165) is 22.5 Å². The second-order valence-electron chi connectivity index (χ2n) is 3.65. The number of hydrogen-bond acceptors (Lipinski definition) is 2. The SMILES string of the molecule is CC1C=Cc2c(N)ccc(N)c2C=C1. The van der Waals surface area contributed by atoms with Crippen molar-refractivity contribution in [2.45, 2.75) is 6.92 Å². The van der Waals surface area contributed by atoms with Crippen molar-refractivity contribution < 1.29 is 0 Å². The molecule has 2 rings (SSSR count). The van der Waals surface area contributed by atoms with Crippen LogP contribution in [-0.2, 0) is 0 Å². The van der Waals surface area contributed by atoms with Crippen LogP contribution in [0, 0.1) is 5.92 Å². The van der Waals surface area contributed by atoms with Crippen LogP contribution in [0.1, 0.15) is 18.1 Å². The van der Waals surface area contributed by atoms with Crippen LogP contribution >= 0.6 is 0 Å². The van der Waals surface area contributed by atoms with Crippen molar-refractivity contribution in [2.75, 3.05) is 11.5 Å². The van der Waals surface area contributed by atoms with Crippen molar-refractivity contribution >= 4 is 23.5 Å². The molecule has 0 bridgehead atoms. The molecule has 0 amide bonds. The Hall–Kier alpha value is -1.70. The van der Waals surface area contributed by atoms with Crippen LogP contribution in [0.25, 0.3) is 12.2 Å². The molecule has 0 aliphatic heterocycles. The van der Waals surface area contributed by atoms with Crippen molar-refractivity contribution in [2.24, 2.45) is 5.92 Å². The standard InChI is InChI=1S/C12H14N2/c1-8-2-4-9-10(5-3-8)12(14)7-6-11(9)13/h2-8H,13-14H2,1H3. The van der Waals surface area contributed by atoms with Crippen molar-refractivity contribution in [3.63, 3.8) is 0 Å². The quantitative estimate of drug-likeness (QED) is 0.612. The summed E-state index contributed by atoms with van der Waals surface area (Å²) in [5, 5.41) is 0. The van der Waals surface area contributed by atoms with E-state index in [1.807, 2.05) is 24.3 Å². The Morgan fingerprint density at radius 3 is 1.79 bits per heavy atom. The first-order valence-corrected chi connectivity index (χ1v) is 4.73. The predicted molar refractivity (Wildman–Crippen MR) is 62.5 cm³/mol. The Bertz CT molecular complexity index is 378. The summed E-state index contributed by atoms with van der Waals surface area (Å²) in [5.41, 5.74) is 15.4. The van der Waals surface area contributed by atoms with Gasteiger partial charge in [0.15, 0.2) is 0 Å². The molecule has 4 N–H and O–H groups in total. The topological polar surface area (TPSA) is 52.0 Å². The maximum atomic E-state index is 5.88. The van der Waals surface area contributed by atoms with Gasteiger partial charge < -0.3 is 11.5 Å². The monoisotopic (exact) mass is 186 g/mol. The van der Waals surface area contributed by atoms with Crippen molar-refractivity contribution in [1.29, 1.82) is 0 Å². The molecule has 2 nitrogen and oxygen atoms in total. The predicted octanol–water partition coefficient (Wildman–Crippen LogP) is 2.53. The van der Waals surface area contributed by atoms with Gasteiger partial charge in [-0.25, -0.2) is 0 Å². The van der Waals surface area contributed by atoms with E-state index in [1.165, 1.54) is 0 Å². The van der Waals surface area contributed by atoms with Crippen LogP contribution < -0.4 is 11.5 Å². The molecule has 2 heteroatoms. The lowest BCUT2D eigenvalue weighted by molar-refractivity contribution is 0.954. The fourth-order valence-corrected chi connectivity index (χ4v) is 1.60. The number of anilines is 2. The van der Waals surface area contributed by atoms with Gasteiger partial charge in [-0.1, -0.05) is 31.2 Å². The van der Waals surface area contributed by atoms with Gasteiger partial charge in [0, 0.05) is 22.5 Å². The number of hydrogen-bond donors (Lipinski definition) is 2. The van der Waals surface area contributed by atoms with Gasteiger partial charge in [-0.15, -0.1) is 0 Å². The van der Waals surface area contributed by atoms with Crippen molar-refractivity contribution in [3.8, 4) is 0 Å². The number of allylic oxidation sites excluding steroid dienone is 2. The summed E-state index contributed by atoms with van der Waals surface area (Å²) in [6, 6.07) is 3.70. The van der Waals surface area contributed by atoms with Gasteiger partial charge in [-0.2, -0.15) is 0 Å². The van der Waals surface area contributed by atoms with Crippen LogP contribution in [0.2, 0.25) is 0 Å². The summed E-state index contributed by atoms with van der Waals surface area (Å²) in [5.74, 6) is 0.432. The molecular formula is C12H14N2. The number of nitrogens with two attached hydrogens (primary N) is 2. The summed E-state index contributed by atoms with van der Waals surface area (Å²) in [4.78, 5) is 0. The highest BCUT2D eigenvalue weighted by Crippen LogP contribution is 2.29. The smallest absolute Gasteiger partial charge is 0.0395 e. The Balaban J connectivity index is 2.66. The summed E-state index contributed by atoms with van der Waals surface area (Å²) in [7, 11) is 0. The molecule has 0 atom stereocenters. The Morgan fingerprint density at radius 1 is 0.929 bits per heavy atom. The minimum Gasteiger partial charge on any atom is -0.398 e. The Labute approximate surface area is 83.9 Å². The highest BCUT2D eigenvalue weighted by Gasteiger charge is 2.08. The second kappa shape index (κ2) is 3.22. The van der Waals surface area contributed by atoms with E-state index in [9.17, 15) is 0 Å². The zero-order valence-corrected chi connectivity index (χ0v) is 8.20. The largest absolute Gasteiger partial charge is 0.398 e. The maximum absolute atomic E-state index is 5.88. The van der Waals surface area contributed by atoms with Gasteiger partial charge >= 0.3 is 0 Å². The lowest BCUT2D eigenvalue weighted by atomic mass is 10.0. The molecule has 0 aromatic heterocycles. The molecule has 0 saturated heterocycles. The van der Waals surface area contributed by atoms with E-state index in [0.29, 0.717) is 5.92 Å². The first kappa shape index (κ1) is 8.88. The van der Waals surface area contributed by atoms with E-state index in [4.69, 9.17) is 11.5 Å². The van der Waals surface area contributed by atoms with Gasteiger partial charge in [-0.05, 0) is 18.1 Å². The van der Waals surface area contributed by atoms with Gasteiger partial charge in [0.2, 0.25) is 0 Å². The Morgan fingerprint density at radius 2 is 1.36 bits per heavy atom. The van der Waals surface area contributed by atoms with Crippen LogP contribution in [0.3, 0.4) is 0 Å². The van der Waals surface area contributed by atoms with Crippen LogP contribution in [0.5, 0.6) is 0 Å². The second-order valence-corrected chi connectivity index (χ2v) is 3.65. The molecule has 0 radical (unpaired) electrons. The van der Waals surface area contributed by atoms with Gasteiger partial charge in [0.05, 0.1) is 0 Å². The molecule has 72 valence electrons. The van der Waals surface area contributed by atoms with Gasteiger partial charge in [-0.3, -0.25) is 0 Å². The van der Waals surface area contributed by atoms with E-state index in [-0.39, 0.29) is 0 Å². The summed E-state index contributed by atoms with van der Waals surface area (Å²) < 4.78 is 0. The lowest BCUT2D eigenvalue weighted by Crippen LogP contribution is -1.96. The molecule has 1 aromatic rings. The number of fused-ring (bicyclic) bond motifs is 1. The summed E-state index contributed by atoms with van der Waals surface area (Å²) in [6.07, 6.45) is 8.34. The average molecular weight is 186 g/mol.